The Bertz CT molecular complexity index is 999. The second-order valence-electron chi connectivity index (χ2n) is 12.6. The van der Waals surface area contributed by atoms with Gasteiger partial charge in [0.2, 0.25) is 5.91 Å². The Morgan fingerprint density at radius 1 is 0.725 bits per heavy atom. The molecule has 0 radical (unpaired) electrons. The number of para-hydroxylation sites is 1. The first kappa shape index (κ1) is 33.6. The lowest BCUT2D eigenvalue weighted by Crippen LogP contribution is -2.36. The van der Waals surface area contributed by atoms with Crippen molar-refractivity contribution in [3.8, 4) is 0 Å². The van der Waals surface area contributed by atoms with Crippen LogP contribution < -0.4 is 5.32 Å². The van der Waals surface area contributed by atoms with Gasteiger partial charge in [-0.1, -0.05) is 141 Å². The van der Waals surface area contributed by atoms with Crippen molar-refractivity contribution < 1.29 is 14.3 Å². The molecule has 1 amide bonds. The predicted molar refractivity (Wildman–Crippen MR) is 169 cm³/mol. The first-order chi connectivity index (χ1) is 19.1. The van der Waals surface area contributed by atoms with E-state index in [1.807, 2.05) is 50.2 Å². The smallest absolute Gasteiger partial charge is 0.323 e. The van der Waals surface area contributed by atoms with Crippen LogP contribution >= 0.6 is 0 Å². The van der Waals surface area contributed by atoms with Crippen molar-refractivity contribution in [1.82, 2.24) is 0 Å². The van der Waals surface area contributed by atoms with Gasteiger partial charge in [-0.15, -0.1) is 0 Å². The Morgan fingerprint density at radius 3 is 1.73 bits per heavy atom. The van der Waals surface area contributed by atoms with Crippen LogP contribution in [0.15, 0.2) is 48.5 Å². The van der Waals surface area contributed by atoms with Gasteiger partial charge in [-0.05, 0) is 55.2 Å². The second-order valence-corrected chi connectivity index (χ2v) is 12.6. The zero-order valence-electron chi connectivity index (χ0n) is 26.4. The van der Waals surface area contributed by atoms with E-state index in [1.54, 1.807) is 0 Å². The second kappa shape index (κ2) is 17.3. The number of ether oxygens (including phenoxy) is 1. The molecule has 4 nitrogen and oxygen atoms in total. The van der Waals surface area contributed by atoms with Crippen LogP contribution in [0.4, 0.5) is 5.69 Å². The van der Waals surface area contributed by atoms with E-state index in [9.17, 15) is 9.59 Å². The Hall–Kier alpha value is -2.62. The monoisotopic (exact) mass is 549 g/mol. The minimum Gasteiger partial charge on any atom is -0.459 e. The summed E-state index contributed by atoms with van der Waals surface area (Å²) in [5.74, 6) is -1.41. The zero-order chi connectivity index (χ0) is 29.5. The number of hydrogen-bond donors (Lipinski definition) is 1. The highest BCUT2D eigenvalue weighted by Gasteiger charge is 2.35. The standard InChI is InChI=1S/C36H55NO3/c1-8-9-10-11-12-13-14-15-16-20-26-36(6,7)40-35(39)32(29-22-18-17-19-23-29)34(38)37-33-30(27(2)3)24-21-25-31(33)28(4)5/h17-19,21-25,27-28,32H,8-16,20,26H2,1-7H3,(H,37,38). The summed E-state index contributed by atoms with van der Waals surface area (Å²) in [6, 6.07) is 15.4. The molecular weight excluding hydrogens is 494 g/mol. The molecule has 0 aliphatic rings. The van der Waals surface area contributed by atoms with Crippen LogP contribution in [0.1, 0.15) is 154 Å². The zero-order valence-corrected chi connectivity index (χ0v) is 26.4. The average Bonchev–Trinajstić information content (AvgIpc) is 2.90. The molecule has 0 bridgehead atoms. The average molecular weight is 550 g/mol. The molecule has 40 heavy (non-hydrogen) atoms. The number of hydrogen-bond acceptors (Lipinski definition) is 3. The van der Waals surface area contributed by atoms with Gasteiger partial charge in [0.1, 0.15) is 5.60 Å². The van der Waals surface area contributed by atoms with E-state index in [0.29, 0.717) is 5.56 Å². The third-order valence-electron chi connectivity index (χ3n) is 7.76. The molecule has 0 aliphatic heterocycles. The number of benzene rings is 2. The number of carbonyl (C=O) groups excluding carboxylic acids is 2. The molecule has 4 heteroatoms. The van der Waals surface area contributed by atoms with Crippen molar-refractivity contribution in [2.75, 3.05) is 5.32 Å². The van der Waals surface area contributed by atoms with Gasteiger partial charge in [0.05, 0.1) is 0 Å². The Labute approximate surface area is 244 Å². The Balaban J connectivity index is 2.06. The van der Waals surface area contributed by atoms with E-state index in [2.05, 4.69) is 52.1 Å². The Morgan fingerprint density at radius 2 is 1.23 bits per heavy atom. The summed E-state index contributed by atoms with van der Waals surface area (Å²) >= 11 is 0. The molecule has 0 saturated carbocycles. The molecule has 1 unspecified atom stereocenters. The topological polar surface area (TPSA) is 55.4 Å². The molecule has 2 aromatic carbocycles. The molecule has 0 spiro atoms. The van der Waals surface area contributed by atoms with Gasteiger partial charge in [0.25, 0.3) is 0 Å². The summed E-state index contributed by atoms with van der Waals surface area (Å²) in [4.78, 5) is 27.4. The van der Waals surface area contributed by atoms with Crippen LogP contribution in [0.25, 0.3) is 0 Å². The van der Waals surface area contributed by atoms with Crippen LogP contribution in [0.2, 0.25) is 0 Å². The van der Waals surface area contributed by atoms with Gasteiger partial charge in [-0.2, -0.15) is 0 Å². The summed E-state index contributed by atoms with van der Waals surface area (Å²) in [6.45, 7) is 14.7. The van der Waals surface area contributed by atoms with E-state index < -0.39 is 17.5 Å². The Kier molecular flexibility index (Phi) is 14.5. The van der Waals surface area contributed by atoms with Crippen molar-refractivity contribution in [2.24, 2.45) is 0 Å². The number of amides is 1. The summed E-state index contributed by atoms with van der Waals surface area (Å²) in [6.07, 6.45) is 13.5. The maximum atomic E-state index is 13.8. The molecule has 1 atom stereocenters. The van der Waals surface area contributed by atoms with Crippen LogP contribution in [0.5, 0.6) is 0 Å². The summed E-state index contributed by atoms with van der Waals surface area (Å²) in [5.41, 5.74) is 2.97. The minimum absolute atomic E-state index is 0.233. The highest BCUT2D eigenvalue weighted by Crippen LogP contribution is 2.34. The maximum absolute atomic E-state index is 13.8. The molecule has 2 aromatic rings. The number of carbonyl (C=O) groups is 2. The van der Waals surface area contributed by atoms with E-state index in [-0.39, 0.29) is 17.7 Å². The molecular formula is C36H55NO3. The van der Waals surface area contributed by atoms with Gasteiger partial charge >= 0.3 is 5.97 Å². The van der Waals surface area contributed by atoms with Crippen molar-refractivity contribution >= 4 is 17.6 Å². The number of anilines is 1. The van der Waals surface area contributed by atoms with Crippen molar-refractivity contribution in [3.63, 3.8) is 0 Å². The lowest BCUT2D eigenvalue weighted by Gasteiger charge is -2.28. The lowest BCUT2D eigenvalue weighted by atomic mass is 9.91. The number of esters is 1. The third-order valence-corrected chi connectivity index (χ3v) is 7.76. The van der Waals surface area contributed by atoms with Gasteiger partial charge in [-0.3, -0.25) is 9.59 Å². The van der Waals surface area contributed by atoms with Crippen molar-refractivity contribution in [1.29, 1.82) is 0 Å². The van der Waals surface area contributed by atoms with Crippen LogP contribution in [0.3, 0.4) is 0 Å². The normalized spacial score (nSPS) is 12.5. The number of rotatable bonds is 18. The first-order valence-electron chi connectivity index (χ1n) is 15.8. The fourth-order valence-corrected chi connectivity index (χ4v) is 5.35. The van der Waals surface area contributed by atoms with Gasteiger partial charge < -0.3 is 10.1 Å². The highest BCUT2D eigenvalue weighted by atomic mass is 16.6. The molecule has 2 rings (SSSR count). The van der Waals surface area contributed by atoms with E-state index in [4.69, 9.17) is 4.74 Å². The van der Waals surface area contributed by atoms with Gasteiger partial charge in [0, 0.05) is 5.69 Å². The van der Waals surface area contributed by atoms with E-state index >= 15 is 0 Å². The fourth-order valence-electron chi connectivity index (χ4n) is 5.35. The molecule has 0 saturated heterocycles. The van der Waals surface area contributed by atoms with E-state index in [1.165, 1.54) is 51.4 Å². The first-order valence-corrected chi connectivity index (χ1v) is 15.8. The van der Waals surface area contributed by atoms with Gasteiger partial charge in [-0.25, -0.2) is 0 Å². The number of nitrogens with one attached hydrogen (secondary N) is 1. The lowest BCUT2D eigenvalue weighted by molar-refractivity contribution is -0.160. The minimum atomic E-state index is -1.03. The quantitative estimate of drug-likeness (QED) is 0.114. The molecule has 1 N–H and O–H groups in total. The molecule has 0 aromatic heterocycles. The van der Waals surface area contributed by atoms with Crippen LogP contribution in [-0.4, -0.2) is 17.5 Å². The summed E-state index contributed by atoms with van der Waals surface area (Å²) < 4.78 is 6.05. The largest absolute Gasteiger partial charge is 0.459 e. The molecule has 0 aliphatic carbocycles. The molecule has 0 heterocycles. The third kappa shape index (κ3) is 11.1. The molecule has 222 valence electrons. The summed E-state index contributed by atoms with van der Waals surface area (Å²) in [7, 11) is 0. The highest BCUT2D eigenvalue weighted by molar-refractivity contribution is 6.10. The predicted octanol–water partition coefficient (Wildman–Crippen LogP) is 10.3. The SMILES string of the molecule is CCCCCCCCCCCCC(C)(C)OC(=O)C(C(=O)Nc1c(C(C)C)cccc1C(C)C)c1ccccc1. The van der Waals surface area contributed by atoms with Crippen molar-refractivity contribution in [2.45, 2.75) is 142 Å². The van der Waals surface area contributed by atoms with Crippen molar-refractivity contribution in [3.05, 3.63) is 65.2 Å². The van der Waals surface area contributed by atoms with Crippen LogP contribution in [-0.2, 0) is 14.3 Å². The summed E-state index contributed by atoms with van der Waals surface area (Å²) in [5, 5.41) is 3.16. The fraction of sp³-hybridized carbons (Fsp3) is 0.611. The van der Waals surface area contributed by atoms with E-state index in [0.717, 1.165) is 36.1 Å². The number of unbranched alkanes of at least 4 members (excludes halogenated alkanes) is 9. The van der Waals surface area contributed by atoms with Crippen LogP contribution in [0, 0.1) is 0 Å². The maximum Gasteiger partial charge on any atom is 0.323 e. The molecule has 0 fully saturated rings. The van der Waals surface area contributed by atoms with Gasteiger partial charge in [0.15, 0.2) is 5.92 Å².